The van der Waals surface area contributed by atoms with Gasteiger partial charge in [-0.05, 0) is 44.6 Å². The highest BCUT2D eigenvalue weighted by Gasteiger charge is 2.16. The SMILES string of the molecule is CCc1nc(CCN2CCCC2)sc1-c1nc(=S)[nH][nH]1. The second kappa shape index (κ2) is 6.15. The van der Waals surface area contributed by atoms with E-state index in [0.717, 1.165) is 35.8 Å². The molecular weight excluding hydrogens is 290 g/mol. The zero-order valence-corrected chi connectivity index (χ0v) is 13.2. The van der Waals surface area contributed by atoms with Crippen LogP contribution in [0.1, 0.15) is 30.5 Å². The van der Waals surface area contributed by atoms with Gasteiger partial charge in [0.05, 0.1) is 15.6 Å². The molecule has 1 aliphatic heterocycles. The largest absolute Gasteiger partial charge is 0.303 e. The Morgan fingerprint density at radius 3 is 2.70 bits per heavy atom. The van der Waals surface area contributed by atoms with E-state index in [1.165, 1.54) is 30.9 Å². The van der Waals surface area contributed by atoms with Crippen LogP contribution in [-0.2, 0) is 12.8 Å². The molecule has 7 heteroatoms. The van der Waals surface area contributed by atoms with Gasteiger partial charge in [-0.25, -0.2) is 4.98 Å². The van der Waals surface area contributed by atoms with E-state index in [2.05, 4.69) is 27.0 Å². The second-order valence-electron chi connectivity index (χ2n) is 5.05. The molecule has 2 aromatic heterocycles. The summed E-state index contributed by atoms with van der Waals surface area (Å²) < 4.78 is 0.495. The molecule has 20 heavy (non-hydrogen) atoms. The molecule has 0 saturated carbocycles. The van der Waals surface area contributed by atoms with E-state index in [9.17, 15) is 0 Å². The van der Waals surface area contributed by atoms with Crippen LogP contribution in [0.4, 0.5) is 0 Å². The highest BCUT2D eigenvalue weighted by molar-refractivity contribution is 7.71. The number of aryl methyl sites for hydroxylation is 1. The van der Waals surface area contributed by atoms with Gasteiger partial charge in [-0.2, -0.15) is 4.98 Å². The van der Waals surface area contributed by atoms with Crippen LogP contribution < -0.4 is 0 Å². The molecule has 2 N–H and O–H groups in total. The molecule has 0 aliphatic carbocycles. The average molecular weight is 309 g/mol. The maximum Gasteiger partial charge on any atom is 0.213 e. The Morgan fingerprint density at radius 1 is 1.25 bits per heavy atom. The van der Waals surface area contributed by atoms with Crippen molar-refractivity contribution in [2.45, 2.75) is 32.6 Å². The minimum atomic E-state index is 0.495. The van der Waals surface area contributed by atoms with Gasteiger partial charge in [0.25, 0.3) is 0 Å². The van der Waals surface area contributed by atoms with E-state index in [0.29, 0.717) is 4.77 Å². The first-order valence-corrected chi connectivity index (χ1v) is 8.34. The molecule has 1 aliphatic rings. The van der Waals surface area contributed by atoms with Crippen molar-refractivity contribution in [3.63, 3.8) is 0 Å². The molecule has 3 rings (SSSR count). The lowest BCUT2D eigenvalue weighted by molar-refractivity contribution is 0.343. The van der Waals surface area contributed by atoms with Crippen LogP contribution >= 0.6 is 23.6 Å². The summed E-state index contributed by atoms with van der Waals surface area (Å²) in [4.78, 5) is 12.7. The number of hydrogen-bond donors (Lipinski definition) is 2. The fourth-order valence-corrected chi connectivity index (χ4v) is 3.80. The van der Waals surface area contributed by atoms with E-state index in [-0.39, 0.29) is 0 Å². The van der Waals surface area contributed by atoms with Crippen molar-refractivity contribution in [2.24, 2.45) is 0 Å². The van der Waals surface area contributed by atoms with Gasteiger partial charge < -0.3 is 4.90 Å². The van der Waals surface area contributed by atoms with E-state index in [1.54, 1.807) is 11.3 Å². The normalized spacial score (nSPS) is 16.1. The number of thiazole rings is 1. The minimum absolute atomic E-state index is 0.495. The monoisotopic (exact) mass is 309 g/mol. The first kappa shape index (κ1) is 13.9. The van der Waals surface area contributed by atoms with Gasteiger partial charge in [0.15, 0.2) is 5.82 Å². The molecule has 1 saturated heterocycles. The summed E-state index contributed by atoms with van der Waals surface area (Å²) in [5, 5.41) is 7.08. The predicted molar refractivity (Wildman–Crippen MR) is 83.6 cm³/mol. The van der Waals surface area contributed by atoms with Crippen LogP contribution in [0.5, 0.6) is 0 Å². The van der Waals surface area contributed by atoms with Crippen LogP contribution in [0.25, 0.3) is 10.7 Å². The Balaban J connectivity index is 1.75. The van der Waals surface area contributed by atoms with E-state index in [1.807, 2.05) is 0 Å². The summed E-state index contributed by atoms with van der Waals surface area (Å²) in [6.45, 7) is 5.73. The van der Waals surface area contributed by atoms with Gasteiger partial charge in [-0.3, -0.25) is 10.2 Å². The van der Waals surface area contributed by atoms with Gasteiger partial charge in [-0.15, -0.1) is 11.3 Å². The Morgan fingerprint density at radius 2 is 2.05 bits per heavy atom. The molecule has 5 nitrogen and oxygen atoms in total. The molecule has 108 valence electrons. The van der Waals surface area contributed by atoms with Crippen molar-refractivity contribution in [1.29, 1.82) is 0 Å². The van der Waals surface area contributed by atoms with Crippen LogP contribution in [0, 0.1) is 4.77 Å². The van der Waals surface area contributed by atoms with Gasteiger partial charge >= 0.3 is 0 Å². The lowest BCUT2D eigenvalue weighted by Gasteiger charge is -2.12. The number of aromatic amines is 2. The molecule has 1 fully saturated rings. The molecule has 0 spiro atoms. The molecule has 0 unspecified atom stereocenters. The van der Waals surface area contributed by atoms with Crippen molar-refractivity contribution < 1.29 is 0 Å². The fourth-order valence-electron chi connectivity index (χ4n) is 2.57. The number of H-pyrrole nitrogens is 2. The molecule has 0 aromatic carbocycles. The summed E-state index contributed by atoms with van der Waals surface area (Å²) in [6.07, 6.45) is 4.63. The van der Waals surface area contributed by atoms with Crippen LogP contribution in [0.2, 0.25) is 0 Å². The lowest BCUT2D eigenvalue weighted by atomic mass is 10.3. The quantitative estimate of drug-likeness (QED) is 0.834. The maximum absolute atomic E-state index is 5.02. The van der Waals surface area contributed by atoms with Crippen LogP contribution in [-0.4, -0.2) is 44.7 Å². The predicted octanol–water partition coefficient (Wildman–Crippen LogP) is 2.79. The maximum atomic E-state index is 5.02. The second-order valence-corrected chi connectivity index (χ2v) is 6.52. The molecule has 0 atom stereocenters. The van der Waals surface area contributed by atoms with E-state index in [4.69, 9.17) is 17.2 Å². The van der Waals surface area contributed by atoms with E-state index < -0.39 is 0 Å². The minimum Gasteiger partial charge on any atom is -0.303 e. The van der Waals surface area contributed by atoms with Crippen LogP contribution in [0.15, 0.2) is 0 Å². The molecule has 0 radical (unpaired) electrons. The molecule has 2 aromatic rings. The third-order valence-corrected chi connectivity index (χ3v) is 4.99. The number of rotatable bonds is 5. The Kier molecular flexibility index (Phi) is 4.28. The number of nitrogens with zero attached hydrogens (tertiary/aromatic N) is 3. The summed E-state index contributed by atoms with van der Waals surface area (Å²) in [6, 6.07) is 0. The Bertz CT molecular complexity index is 621. The summed E-state index contributed by atoms with van der Waals surface area (Å²) in [5.41, 5.74) is 1.11. The van der Waals surface area contributed by atoms with Crippen molar-refractivity contribution in [3.8, 4) is 10.7 Å². The number of hydrogen-bond acceptors (Lipinski definition) is 5. The fraction of sp³-hybridized carbons (Fsp3) is 0.615. The van der Waals surface area contributed by atoms with Gasteiger partial charge in [-0.1, -0.05) is 6.92 Å². The van der Waals surface area contributed by atoms with E-state index >= 15 is 0 Å². The highest BCUT2D eigenvalue weighted by atomic mass is 32.1. The topological polar surface area (TPSA) is 60.6 Å². The smallest absolute Gasteiger partial charge is 0.213 e. The van der Waals surface area contributed by atoms with Gasteiger partial charge in [0.1, 0.15) is 0 Å². The van der Waals surface area contributed by atoms with Crippen molar-refractivity contribution in [2.75, 3.05) is 19.6 Å². The first-order chi connectivity index (χ1) is 9.76. The zero-order valence-electron chi connectivity index (χ0n) is 11.6. The number of nitrogens with one attached hydrogen (secondary N) is 2. The third-order valence-electron chi connectivity index (χ3n) is 3.63. The van der Waals surface area contributed by atoms with Crippen molar-refractivity contribution >= 4 is 23.6 Å². The number of aromatic nitrogens is 4. The zero-order chi connectivity index (χ0) is 13.9. The molecule has 0 amide bonds. The average Bonchev–Trinajstić information content (AvgIpc) is 3.16. The van der Waals surface area contributed by atoms with Gasteiger partial charge in [0, 0.05) is 13.0 Å². The summed E-state index contributed by atoms with van der Waals surface area (Å²) >= 11 is 6.76. The first-order valence-electron chi connectivity index (χ1n) is 7.12. The highest BCUT2D eigenvalue weighted by Crippen LogP contribution is 2.28. The Labute approximate surface area is 127 Å². The van der Waals surface area contributed by atoms with Crippen molar-refractivity contribution in [1.82, 2.24) is 25.1 Å². The van der Waals surface area contributed by atoms with Gasteiger partial charge in [0.2, 0.25) is 4.77 Å². The number of likely N-dealkylation sites (tertiary alicyclic amines) is 1. The molecular formula is C13H19N5S2. The summed E-state index contributed by atoms with van der Waals surface area (Å²) in [7, 11) is 0. The summed E-state index contributed by atoms with van der Waals surface area (Å²) in [5.74, 6) is 0.816. The van der Waals surface area contributed by atoms with Crippen LogP contribution in [0.3, 0.4) is 0 Å². The standard InChI is InChI=1S/C13H19N5S2/c1-2-9-11(12-15-13(19)17-16-12)20-10(14-9)5-8-18-6-3-4-7-18/h2-8H2,1H3,(H2,15,16,17,19). The third kappa shape index (κ3) is 2.99. The Hall–Kier alpha value is -1.05. The van der Waals surface area contributed by atoms with Crippen molar-refractivity contribution in [3.05, 3.63) is 15.5 Å². The molecule has 0 bridgehead atoms. The molecule has 3 heterocycles. The lowest BCUT2D eigenvalue weighted by Crippen LogP contribution is -2.21.